The minimum Gasteiger partial charge on any atom is -0.283 e. The van der Waals surface area contributed by atoms with Gasteiger partial charge in [-0.2, -0.15) is 0 Å². The van der Waals surface area contributed by atoms with Crippen molar-refractivity contribution in [2.75, 3.05) is 4.72 Å². The highest BCUT2D eigenvalue weighted by Crippen LogP contribution is 2.20. The van der Waals surface area contributed by atoms with E-state index in [-0.39, 0.29) is 11.6 Å². The summed E-state index contributed by atoms with van der Waals surface area (Å²) < 4.78 is 39.7. The summed E-state index contributed by atoms with van der Waals surface area (Å²) in [5.74, 6) is -0.609. The summed E-state index contributed by atoms with van der Waals surface area (Å²) in [6, 6.07) is 10.8. The predicted octanol–water partition coefficient (Wildman–Crippen LogP) is 3.73. The van der Waals surface area contributed by atoms with Gasteiger partial charge in [0.2, 0.25) is 10.0 Å². The van der Waals surface area contributed by atoms with Crippen molar-refractivity contribution in [2.24, 2.45) is 0 Å². The topological polar surface area (TPSA) is 46.2 Å². The number of halogens is 2. The van der Waals surface area contributed by atoms with Crippen LogP contribution >= 0.6 is 11.6 Å². The molecule has 2 aromatic carbocycles. The summed E-state index contributed by atoms with van der Waals surface area (Å²) >= 11 is 5.94. The molecular formula is C14H13ClFNO2S. The fourth-order valence-corrected chi connectivity index (χ4v) is 3.25. The number of aryl methyl sites for hydroxylation is 1. The number of nitrogens with one attached hydrogen (secondary N) is 1. The molecule has 2 rings (SSSR count). The van der Waals surface area contributed by atoms with Gasteiger partial charge in [0, 0.05) is 10.7 Å². The van der Waals surface area contributed by atoms with Crippen LogP contribution in [0.5, 0.6) is 0 Å². The van der Waals surface area contributed by atoms with E-state index in [1.54, 1.807) is 31.2 Å². The van der Waals surface area contributed by atoms with E-state index in [9.17, 15) is 12.8 Å². The quantitative estimate of drug-likeness (QED) is 0.935. The lowest BCUT2D eigenvalue weighted by Gasteiger charge is -2.10. The zero-order valence-electron chi connectivity index (χ0n) is 10.7. The highest BCUT2D eigenvalue weighted by atomic mass is 35.5. The number of benzene rings is 2. The van der Waals surface area contributed by atoms with Crippen LogP contribution in [0, 0.1) is 12.7 Å². The lowest BCUT2D eigenvalue weighted by molar-refractivity contribution is 0.600. The van der Waals surface area contributed by atoms with Crippen molar-refractivity contribution in [1.29, 1.82) is 0 Å². The van der Waals surface area contributed by atoms with Gasteiger partial charge in [-0.05, 0) is 42.3 Å². The Hall–Kier alpha value is -1.59. The fourth-order valence-electron chi connectivity index (χ4n) is 1.74. The molecule has 0 saturated heterocycles. The maximum atomic E-state index is 13.1. The molecule has 0 radical (unpaired) electrons. The summed E-state index contributed by atoms with van der Waals surface area (Å²) in [5, 5.41) is 0.396. The van der Waals surface area contributed by atoms with Crippen LogP contribution < -0.4 is 4.72 Å². The molecule has 3 nitrogen and oxygen atoms in total. The van der Waals surface area contributed by atoms with Crippen molar-refractivity contribution in [1.82, 2.24) is 0 Å². The summed E-state index contributed by atoms with van der Waals surface area (Å²) in [6.45, 7) is 1.57. The molecule has 0 aliphatic heterocycles. The highest BCUT2D eigenvalue weighted by molar-refractivity contribution is 7.91. The first-order valence-corrected chi connectivity index (χ1v) is 7.90. The third-order valence-electron chi connectivity index (χ3n) is 2.73. The summed E-state index contributed by atoms with van der Waals surface area (Å²) in [7, 11) is -3.60. The molecular weight excluding hydrogens is 301 g/mol. The molecule has 0 aliphatic carbocycles. The van der Waals surface area contributed by atoms with Crippen LogP contribution in [0.1, 0.15) is 11.1 Å². The van der Waals surface area contributed by atoms with Gasteiger partial charge in [-0.1, -0.05) is 29.8 Å². The lowest BCUT2D eigenvalue weighted by Crippen LogP contribution is -2.15. The van der Waals surface area contributed by atoms with Crippen molar-refractivity contribution >= 4 is 27.3 Å². The van der Waals surface area contributed by atoms with E-state index in [1.807, 2.05) is 0 Å². The van der Waals surface area contributed by atoms with E-state index in [0.29, 0.717) is 21.8 Å². The maximum absolute atomic E-state index is 13.1. The lowest BCUT2D eigenvalue weighted by atomic mass is 10.2. The molecule has 6 heteroatoms. The van der Waals surface area contributed by atoms with Crippen LogP contribution in [-0.4, -0.2) is 8.42 Å². The normalized spacial score (nSPS) is 11.3. The number of anilines is 1. The first-order chi connectivity index (χ1) is 9.37. The van der Waals surface area contributed by atoms with Crippen molar-refractivity contribution in [3.63, 3.8) is 0 Å². The monoisotopic (exact) mass is 313 g/mol. The Morgan fingerprint density at radius 3 is 2.55 bits per heavy atom. The molecule has 0 bridgehead atoms. The van der Waals surface area contributed by atoms with E-state index >= 15 is 0 Å². The van der Waals surface area contributed by atoms with E-state index in [2.05, 4.69) is 4.72 Å². The first kappa shape index (κ1) is 14.8. The smallest absolute Gasteiger partial charge is 0.236 e. The molecule has 0 fully saturated rings. The zero-order valence-corrected chi connectivity index (χ0v) is 12.3. The Morgan fingerprint density at radius 2 is 1.90 bits per heavy atom. The number of hydrogen-bond donors (Lipinski definition) is 1. The van der Waals surface area contributed by atoms with Crippen molar-refractivity contribution < 1.29 is 12.8 Å². The van der Waals surface area contributed by atoms with Crippen molar-refractivity contribution in [2.45, 2.75) is 12.7 Å². The molecule has 0 atom stereocenters. The number of hydrogen-bond acceptors (Lipinski definition) is 2. The van der Waals surface area contributed by atoms with E-state index in [1.165, 1.54) is 18.2 Å². The van der Waals surface area contributed by atoms with Crippen LogP contribution in [0.25, 0.3) is 0 Å². The van der Waals surface area contributed by atoms with Gasteiger partial charge in [0.25, 0.3) is 0 Å². The molecule has 0 saturated carbocycles. The van der Waals surface area contributed by atoms with E-state index in [4.69, 9.17) is 11.6 Å². The average Bonchev–Trinajstić information content (AvgIpc) is 2.36. The molecule has 2 aromatic rings. The average molecular weight is 314 g/mol. The highest BCUT2D eigenvalue weighted by Gasteiger charge is 2.14. The molecule has 0 aliphatic rings. The van der Waals surface area contributed by atoms with Gasteiger partial charge in [-0.25, -0.2) is 12.8 Å². The predicted molar refractivity (Wildman–Crippen MR) is 78.8 cm³/mol. The summed E-state index contributed by atoms with van der Waals surface area (Å²) in [4.78, 5) is 0. The molecule has 0 aromatic heterocycles. The molecule has 0 unspecified atom stereocenters. The minimum absolute atomic E-state index is 0.233. The Bertz CT molecular complexity index is 732. The minimum atomic E-state index is -3.60. The van der Waals surface area contributed by atoms with Crippen molar-refractivity contribution in [3.8, 4) is 0 Å². The van der Waals surface area contributed by atoms with Gasteiger partial charge in [0.15, 0.2) is 0 Å². The Balaban J connectivity index is 2.19. The largest absolute Gasteiger partial charge is 0.283 e. The van der Waals surface area contributed by atoms with E-state index in [0.717, 1.165) is 0 Å². The molecule has 20 heavy (non-hydrogen) atoms. The maximum Gasteiger partial charge on any atom is 0.236 e. The molecule has 0 heterocycles. The second kappa shape index (κ2) is 5.81. The summed E-state index contributed by atoms with van der Waals surface area (Å²) in [5.41, 5.74) is 1.22. The number of sulfonamides is 1. The van der Waals surface area contributed by atoms with Gasteiger partial charge in [0.1, 0.15) is 5.82 Å². The Kier molecular flexibility index (Phi) is 4.30. The van der Waals surface area contributed by atoms with Crippen LogP contribution in [0.3, 0.4) is 0 Å². The SMILES string of the molecule is Cc1cc(NS(=O)(=O)Cc2ccccc2Cl)ccc1F. The van der Waals surface area contributed by atoms with Crippen LogP contribution in [0.2, 0.25) is 5.02 Å². The summed E-state index contributed by atoms with van der Waals surface area (Å²) in [6.07, 6.45) is 0. The Labute approximate surface area is 122 Å². The Morgan fingerprint density at radius 1 is 1.20 bits per heavy atom. The van der Waals surface area contributed by atoms with Gasteiger partial charge < -0.3 is 0 Å². The molecule has 0 spiro atoms. The van der Waals surface area contributed by atoms with Crippen molar-refractivity contribution in [3.05, 3.63) is 64.4 Å². The third-order valence-corrected chi connectivity index (χ3v) is 4.34. The first-order valence-electron chi connectivity index (χ1n) is 5.87. The molecule has 1 N–H and O–H groups in total. The third kappa shape index (κ3) is 3.71. The standard InChI is InChI=1S/C14H13ClFNO2S/c1-10-8-12(6-7-14(10)16)17-20(18,19)9-11-4-2-3-5-13(11)15/h2-8,17H,9H2,1H3. The van der Waals surface area contributed by atoms with Gasteiger partial charge in [-0.15, -0.1) is 0 Å². The van der Waals surface area contributed by atoms with Crippen LogP contribution in [-0.2, 0) is 15.8 Å². The molecule has 0 amide bonds. The van der Waals surface area contributed by atoms with Crippen LogP contribution in [0.4, 0.5) is 10.1 Å². The van der Waals surface area contributed by atoms with E-state index < -0.39 is 10.0 Å². The fraction of sp³-hybridized carbons (Fsp3) is 0.143. The zero-order chi connectivity index (χ0) is 14.8. The van der Waals surface area contributed by atoms with Gasteiger partial charge in [0.05, 0.1) is 5.75 Å². The van der Waals surface area contributed by atoms with Gasteiger partial charge in [-0.3, -0.25) is 4.72 Å². The second-order valence-corrected chi connectivity index (χ2v) is 6.55. The number of rotatable bonds is 4. The van der Waals surface area contributed by atoms with Crippen LogP contribution in [0.15, 0.2) is 42.5 Å². The molecule has 106 valence electrons. The van der Waals surface area contributed by atoms with Gasteiger partial charge >= 0.3 is 0 Å². The second-order valence-electron chi connectivity index (χ2n) is 4.42.